The zero-order chi connectivity index (χ0) is 38.6. The number of esters is 2. The molecule has 0 fully saturated rings. The molecule has 2 unspecified atom stereocenters. The average Bonchev–Trinajstić information content (AvgIpc) is 3.20. The molecule has 2 atom stereocenters. The van der Waals surface area contributed by atoms with Gasteiger partial charge in [-0.25, -0.2) is 9.59 Å². The molecule has 0 amide bonds. The third-order valence-electron chi connectivity index (χ3n) is 8.31. The molecule has 0 heterocycles. The van der Waals surface area contributed by atoms with Gasteiger partial charge >= 0.3 is 11.9 Å². The van der Waals surface area contributed by atoms with Gasteiger partial charge < -0.3 is 33.2 Å². The number of benzene rings is 6. The first-order valence-electron chi connectivity index (χ1n) is 17.8. The normalized spacial score (nSPS) is 11.9. The van der Waals surface area contributed by atoms with Crippen LogP contribution in [0.5, 0.6) is 34.5 Å². The van der Waals surface area contributed by atoms with Crippen molar-refractivity contribution in [2.75, 3.05) is 26.4 Å². The first-order chi connectivity index (χ1) is 26.7. The minimum absolute atomic E-state index is 0.0246. The molecule has 280 valence electrons. The van der Waals surface area contributed by atoms with E-state index in [2.05, 4.69) is 13.2 Å². The van der Waals surface area contributed by atoms with Crippen molar-refractivity contribution >= 4 is 33.5 Å². The number of fused-ring (bicyclic) bond motifs is 2. The molecule has 6 aromatic carbocycles. The van der Waals surface area contributed by atoms with Crippen LogP contribution >= 0.6 is 0 Å². The van der Waals surface area contributed by atoms with E-state index in [1.165, 1.54) is 0 Å². The molecule has 0 aliphatic rings. The lowest BCUT2D eigenvalue weighted by Gasteiger charge is -2.23. The lowest BCUT2D eigenvalue weighted by molar-refractivity contribution is -0.148. The smallest absolute Gasteiger partial charge is 0.333 e. The van der Waals surface area contributed by atoms with Crippen LogP contribution in [0.15, 0.2) is 158 Å². The summed E-state index contributed by atoms with van der Waals surface area (Å²) in [6.07, 6.45) is -1.56. The quantitative estimate of drug-likeness (QED) is 0.0485. The van der Waals surface area contributed by atoms with Crippen molar-refractivity contribution in [1.29, 1.82) is 0 Å². The van der Waals surface area contributed by atoms with Crippen molar-refractivity contribution in [2.24, 2.45) is 0 Å². The van der Waals surface area contributed by atoms with Gasteiger partial charge in [-0.05, 0) is 68.4 Å². The molecule has 0 radical (unpaired) electrons. The highest BCUT2D eigenvalue weighted by molar-refractivity contribution is 6.11. The number of rotatable bonds is 18. The molecular weight excluding hydrogens is 696 g/mol. The molecule has 9 heteroatoms. The fraction of sp³-hybridized carbons (Fsp3) is 0.174. The van der Waals surface area contributed by atoms with Crippen LogP contribution in [-0.2, 0) is 19.1 Å². The minimum Gasteiger partial charge on any atom is -0.490 e. The van der Waals surface area contributed by atoms with Gasteiger partial charge in [0.25, 0.3) is 0 Å². The molecule has 0 saturated carbocycles. The van der Waals surface area contributed by atoms with E-state index in [0.717, 1.165) is 10.8 Å². The van der Waals surface area contributed by atoms with Gasteiger partial charge in [-0.1, -0.05) is 92.0 Å². The Balaban J connectivity index is 1.37. The molecule has 0 spiro atoms. The molecule has 9 nitrogen and oxygen atoms in total. The van der Waals surface area contributed by atoms with Crippen molar-refractivity contribution < 1.29 is 42.7 Å². The summed E-state index contributed by atoms with van der Waals surface area (Å²) in [6, 6.07) is 41.3. The summed E-state index contributed by atoms with van der Waals surface area (Å²) in [7, 11) is 0. The molecule has 0 aliphatic heterocycles. The Kier molecular flexibility index (Phi) is 12.7. The Morgan fingerprint density at radius 2 is 0.836 bits per heavy atom. The third kappa shape index (κ3) is 10.2. The second-order valence-electron chi connectivity index (χ2n) is 12.8. The summed E-state index contributed by atoms with van der Waals surface area (Å²) in [6.45, 7) is 10.7. The van der Waals surface area contributed by atoms with Gasteiger partial charge in [0.15, 0.2) is 12.2 Å². The van der Waals surface area contributed by atoms with Crippen LogP contribution in [0.2, 0.25) is 0 Å². The summed E-state index contributed by atoms with van der Waals surface area (Å²) in [5.74, 6) is 2.43. The summed E-state index contributed by atoms with van der Waals surface area (Å²) in [4.78, 5) is 25.4. The topological polar surface area (TPSA) is 98.8 Å². The van der Waals surface area contributed by atoms with Crippen molar-refractivity contribution in [3.8, 4) is 34.5 Å². The Morgan fingerprint density at radius 3 is 1.29 bits per heavy atom. The molecule has 6 rings (SSSR count). The second-order valence-corrected chi connectivity index (χ2v) is 12.8. The number of ether oxygens (including phenoxy) is 7. The van der Waals surface area contributed by atoms with Crippen LogP contribution in [0.25, 0.3) is 21.5 Å². The Hall–Kier alpha value is -6.74. The number of para-hydroxylation sites is 3. The number of hydrogen-bond donors (Lipinski definition) is 0. The summed E-state index contributed by atoms with van der Waals surface area (Å²) < 4.78 is 42.9. The van der Waals surface area contributed by atoms with Crippen molar-refractivity contribution in [2.45, 2.75) is 26.1 Å². The predicted molar refractivity (Wildman–Crippen MR) is 212 cm³/mol. The largest absolute Gasteiger partial charge is 0.490 e. The zero-order valence-electron chi connectivity index (χ0n) is 30.8. The molecule has 6 aromatic rings. The molecular formula is C46H42O9. The zero-order valence-corrected chi connectivity index (χ0v) is 30.8. The predicted octanol–water partition coefficient (Wildman–Crippen LogP) is 9.68. The lowest BCUT2D eigenvalue weighted by atomic mass is 10.00. The van der Waals surface area contributed by atoms with Gasteiger partial charge in [-0.15, -0.1) is 0 Å². The van der Waals surface area contributed by atoms with E-state index >= 15 is 0 Å². The van der Waals surface area contributed by atoms with Crippen LogP contribution in [-0.4, -0.2) is 50.6 Å². The highest BCUT2D eigenvalue weighted by atomic mass is 16.6. The van der Waals surface area contributed by atoms with Gasteiger partial charge in [0.2, 0.25) is 0 Å². The molecule has 55 heavy (non-hydrogen) atoms. The van der Waals surface area contributed by atoms with Crippen molar-refractivity contribution in [1.82, 2.24) is 0 Å². The van der Waals surface area contributed by atoms with Crippen LogP contribution < -0.4 is 23.7 Å². The Bertz CT molecular complexity index is 2250. The van der Waals surface area contributed by atoms with E-state index in [1.54, 1.807) is 13.8 Å². The van der Waals surface area contributed by atoms with E-state index in [4.69, 9.17) is 33.2 Å². The first-order valence-corrected chi connectivity index (χ1v) is 17.8. The highest BCUT2D eigenvalue weighted by Gasteiger charge is 2.24. The Morgan fingerprint density at radius 1 is 0.455 bits per heavy atom. The van der Waals surface area contributed by atoms with Crippen molar-refractivity contribution in [3.63, 3.8) is 0 Å². The van der Waals surface area contributed by atoms with Crippen LogP contribution in [0.3, 0.4) is 0 Å². The van der Waals surface area contributed by atoms with Crippen LogP contribution in [0.4, 0.5) is 0 Å². The number of hydrogen-bond acceptors (Lipinski definition) is 9. The summed E-state index contributed by atoms with van der Waals surface area (Å²) >= 11 is 0. The molecule has 0 N–H and O–H groups in total. The van der Waals surface area contributed by atoms with Gasteiger partial charge in [-0.2, -0.15) is 0 Å². The number of carbonyl (C=O) groups excluding carboxylic acids is 2. The first kappa shape index (κ1) is 38.0. The van der Waals surface area contributed by atoms with Crippen LogP contribution in [0.1, 0.15) is 13.8 Å². The lowest BCUT2D eigenvalue weighted by Crippen LogP contribution is -2.31. The number of carbonyl (C=O) groups is 2. The third-order valence-corrected chi connectivity index (χ3v) is 8.31. The average molecular weight is 739 g/mol. The Labute approximate surface area is 320 Å². The van der Waals surface area contributed by atoms with E-state index in [9.17, 15) is 9.59 Å². The van der Waals surface area contributed by atoms with E-state index in [-0.39, 0.29) is 37.6 Å². The van der Waals surface area contributed by atoms with E-state index in [0.29, 0.717) is 45.3 Å². The highest BCUT2D eigenvalue weighted by Crippen LogP contribution is 2.44. The maximum Gasteiger partial charge on any atom is 0.333 e. The van der Waals surface area contributed by atoms with Crippen LogP contribution in [0, 0.1) is 0 Å². The standard InChI is InChI=1S/C46H42O9/c1-31(2)45(47)54-37(27-49-33-16-8-5-9-17-33)29-51-43-39-22-14-15-23-40(39)44(42-26-36(24-25-41(42)43)53-35-20-12-7-13-21-35)52-30-38(55-46(48)32(3)4)28-50-34-18-10-6-11-19-34/h5-26,37-38H,1,3,27-30H2,2,4H3. The molecule has 0 aliphatic carbocycles. The molecule has 0 bridgehead atoms. The maximum atomic E-state index is 12.7. The van der Waals surface area contributed by atoms with Gasteiger partial charge in [0, 0.05) is 32.7 Å². The van der Waals surface area contributed by atoms with Gasteiger partial charge in [0.1, 0.15) is 60.9 Å². The molecule has 0 saturated heterocycles. The van der Waals surface area contributed by atoms with Crippen molar-refractivity contribution in [3.05, 3.63) is 158 Å². The minimum atomic E-state index is -0.786. The summed E-state index contributed by atoms with van der Waals surface area (Å²) in [5, 5.41) is 2.85. The summed E-state index contributed by atoms with van der Waals surface area (Å²) in [5.41, 5.74) is 0.515. The van der Waals surface area contributed by atoms with Gasteiger partial charge in [-0.3, -0.25) is 0 Å². The monoisotopic (exact) mass is 738 g/mol. The maximum absolute atomic E-state index is 12.7. The van der Waals surface area contributed by atoms with E-state index in [1.807, 2.05) is 133 Å². The second kappa shape index (κ2) is 18.3. The SMILES string of the molecule is C=C(C)C(=O)OC(COc1ccccc1)COc1c2ccccc2c(OCC(COc2ccccc2)OC(=O)C(=C)C)c2cc(Oc3ccccc3)ccc12. The van der Waals surface area contributed by atoms with E-state index < -0.39 is 24.1 Å². The fourth-order valence-electron chi connectivity index (χ4n) is 5.58. The fourth-order valence-corrected chi connectivity index (χ4v) is 5.58. The molecule has 0 aromatic heterocycles. The van der Waals surface area contributed by atoms with Gasteiger partial charge in [0.05, 0.1) is 0 Å².